The third kappa shape index (κ3) is 10.7. The van der Waals surface area contributed by atoms with Crippen LogP contribution in [0.25, 0.3) is 11.4 Å². The van der Waals surface area contributed by atoms with Gasteiger partial charge in [0.25, 0.3) is 0 Å². The summed E-state index contributed by atoms with van der Waals surface area (Å²) in [6.45, 7) is 4.46. The zero-order valence-corrected chi connectivity index (χ0v) is 20.0. The van der Waals surface area contributed by atoms with Crippen molar-refractivity contribution < 1.29 is 9.53 Å². The minimum absolute atomic E-state index is 0.367. The lowest BCUT2D eigenvalue weighted by Crippen LogP contribution is -2.04. The molecule has 0 N–H and O–H groups in total. The van der Waals surface area contributed by atoms with E-state index in [0.717, 1.165) is 24.8 Å². The summed E-state index contributed by atoms with van der Waals surface area (Å²) in [4.78, 5) is 20.7. The number of rotatable bonds is 16. The predicted molar refractivity (Wildman–Crippen MR) is 133 cm³/mol. The number of allylic oxidation sites excluding steroid dienone is 1. The third-order valence-corrected chi connectivity index (χ3v) is 5.61. The summed E-state index contributed by atoms with van der Waals surface area (Å²) < 4.78 is 5.30. The second-order valence-corrected chi connectivity index (χ2v) is 8.48. The van der Waals surface area contributed by atoms with Gasteiger partial charge in [0, 0.05) is 11.6 Å². The Bertz CT molecular complexity index is 782. The van der Waals surface area contributed by atoms with Gasteiger partial charge in [0.1, 0.15) is 0 Å². The van der Waals surface area contributed by atoms with Crippen LogP contribution in [0.4, 0.5) is 0 Å². The molecule has 0 aliphatic carbocycles. The van der Waals surface area contributed by atoms with Gasteiger partial charge in [0.05, 0.1) is 12.4 Å². The molecule has 0 amide bonds. The molecule has 0 bridgehead atoms. The van der Waals surface area contributed by atoms with Gasteiger partial charge in [-0.3, -0.25) is 0 Å². The van der Waals surface area contributed by atoms with E-state index in [1.165, 1.54) is 75.8 Å². The van der Waals surface area contributed by atoms with Gasteiger partial charge in [0.2, 0.25) is 0 Å². The van der Waals surface area contributed by atoms with E-state index in [1.807, 2.05) is 6.08 Å². The van der Waals surface area contributed by atoms with Crippen molar-refractivity contribution in [3.05, 3.63) is 54.4 Å². The molecule has 174 valence electrons. The summed E-state index contributed by atoms with van der Waals surface area (Å²) in [7, 11) is 0. The van der Waals surface area contributed by atoms with E-state index in [2.05, 4.69) is 48.1 Å². The highest BCUT2D eigenvalue weighted by molar-refractivity contribution is 5.83. The van der Waals surface area contributed by atoms with E-state index in [-0.39, 0.29) is 5.97 Å². The first-order chi connectivity index (χ1) is 15.7. The maximum Gasteiger partial charge on any atom is 0.335 e. The normalized spacial score (nSPS) is 11.2. The molecule has 4 nitrogen and oxygen atoms in total. The lowest BCUT2D eigenvalue weighted by molar-refractivity contribution is -0.129. The van der Waals surface area contributed by atoms with Crippen molar-refractivity contribution in [3.8, 4) is 17.1 Å². The first-order valence-electron chi connectivity index (χ1n) is 12.5. The fourth-order valence-electron chi connectivity index (χ4n) is 3.64. The fraction of sp³-hybridized carbons (Fsp3) is 0.536. The Morgan fingerprint density at radius 2 is 1.41 bits per heavy atom. The molecule has 0 saturated carbocycles. The topological polar surface area (TPSA) is 52.1 Å². The lowest BCUT2D eigenvalue weighted by atomic mass is 10.0. The highest BCUT2D eigenvalue weighted by atomic mass is 16.5. The molecule has 0 aliphatic rings. The largest absolute Gasteiger partial charge is 0.420 e. The van der Waals surface area contributed by atoms with Gasteiger partial charge in [-0.2, -0.15) is 0 Å². The number of esters is 1. The molecule has 0 saturated heterocycles. The van der Waals surface area contributed by atoms with Gasteiger partial charge in [-0.05, 0) is 31.2 Å². The van der Waals surface area contributed by atoms with Crippen LogP contribution in [0.15, 0.2) is 48.8 Å². The number of carbonyl (C=O) groups excluding carboxylic acids is 1. The molecule has 0 radical (unpaired) electrons. The van der Waals surface area contributed by atoms with Crippen molar-refractivity contribution in [2.75, 3.05) is 0 Å². The van der Waals surface area contributed by atoms with Crippen molar-refractivity contribution in [1.82, 2.24) is 9.97 Å². The van der Waals surface area contributed by atoms with Crippen LogP contribution in [0.3, 0.4) is 0 Å². The Morgan fingerprint density at radius 3 is 2.06 bits per heavy atom. The Hall–Kier alpha value is -2.49. The second kappa shape index (κ2) is 16.2. The monoisotopic (exact) mass is 436 g/mol. The SMILES string of the molecule is CCCCCCC/C=C/C(=O)Oc1cnc(-c2ccc(CCCCCCCC)cc2)nc1. The molecule has 0 atom stereocenters. The van der Waals surface area contributed by atoms with Crippen molar-refractivity contribution in [2.24, 2.45) is 0 Å². The van der Waals surface area contributed by atoms with E-state index < -0.39 is 0 Å². The van der Waals surface area contributed by atoms with Crippen molar-refractivity contribution in [3.63, 3.8) is 0 Å². The maximum atomic E-state index is 11.9. The smallest absolute Gasteiger partial charge is 0.335 e. The predicted octanol–water partition coefficient (Wildman–Crippen LogP) is 7.87. The highest BCUT2D eigenvalue weighted by Crippen LogP contribution is 2.19. The van der Waals surface area contributed by atoms with Crippen LogP contribution in [0.1, 0.15) is 96.5 Å². The number of aromatic nitrogens is 2. The van der Waals surface area contributed by atoms with Crippen LogP contribution in [-0.4, -0.2) is 15.9 Å². The molecule has 1 aromatic heterocycles. The number of nitrogens with zero attached hydrogens (tertiary/aromatic N) is 2. The summed E-state index contributed by atoms with van der Waals surface area (Å²) in [6.07, 6.45) is 22.5. The number of unbranched alkanes of at least 4 members (excludes halogenated alkanes) is 10. The Morgan fingerprint density at radius 1 is 0.812 bits per heavy atom. The molecule has 0 fully saturated rings. The van der Waals surface area contributed by atoms with Crippen LogP contribution < -0.4 is 4.74 Å². The molecule has 2 aromatic rings. The van der Waals surface area contributed by atoms with E-state index in [4.69, 9.17) is 4.74 Å². The first-order valence-corrected chi connectivity index (χ1v) is 12.5. The molecular weight excluding hydrogens is 396 g/mol. The van der Waals surface area contributed by atoms with Crippen LogP contribution in [0.5, 0.6) is 5.75 Å². The van der Waals surface area contributed by atoms with Gasteiger partial charge in [-0.15, -0.1) is 0 Å². The molecule has 32 heavy (non-hydrogen) atoms. The molecule has 0 unspecified atom stereocenters. The molecule has 0 spiro atoms. The molecule has 4 heteroatoms. The first kappa shape index (κ1) is 25.8. The summed E-state index contributed by atoms with van der Waals surface area (Å²) in [5, 5.41) is 0. The minimum Gasteiger partial charge on any atom is -0.420 e. The number of hydrogen-bond acceptors (Lipinski definition) is 4. The van der Waals surface area contributed by atoms with E-state index in [0.29, 0.717) is 11.6 Å². The van der Waals surface area contributed by atoms with Gasteiger partial charge in [-0.25, -0.2) is 14.8 Å². The van der Waals surface area contributed by atoms with Gasteiger partial charge >= 0.3 is 5.97 Å². The van der Waals surface area contributed by atoms with Crippen molar-refractivity contribution in [2.45, 2.75) is 97.3 Å². The van der Waals surface area contributed by atoms with Crippen molar-refractivity contribution in [1.29, 1.82) is 0 Å². The third-order valence-electron chi connectivity index (χ3n) is 5.61. The fourth-order valence-corrected chi connectivity index (χ4v) is 3.64. The number of benzene rings is 1. The maximum absolute atomic E-state index is 11.9. The quantitative estimate of drug-likeness (QED) is 0.153. The highest BCUT2D eigenvalue weighted by Gasteiger charge is 2.05. The van der Waals surface area contributed by atoms with Crippen LogP contribution in [0, 0.1) is 0 Å². The Balaban J connectivity index is 1.72. The molecule has 2 rings (SSSR count). The van der Waals surface area contributed by atoms with E-state index in [9.17, 15) is 4.79 Å². The summed E-state index contributed by atoms with van der Waals surface area (Å²) in [6, 6.07) is 8.45. The average Bonchev–Trinajstić information content (AvgIpc) is 2.82. The zero-order chi connectivity index (χ0) is 22.9. The molecule has 0 aliphatic heterocycles. The van der Waals surface area contributed by atoms with E-state index in [1.54, 1.807) is 12.4 Å². The second-order valence-electron chi connectivity index (χ2n) is 8.48. The van der Waals surface area contributed by atoms with Crippen LogP contribution in [0.2, 0.25) is 0 Å². The lowest BCUT2D eigenvalue weighted by Gasteiger charge is -2.05. The molecular formula is C28H40N2O2. The van der Waals surface area contributed by atoms with E-state index >= 15 is 0 Å². The van der Waals surface area contributed by atoms with Gasteiger partial charge in [-0.1, -0.05) is 102 Å². The van der Waals surface area contributed by atoms with Crippen molar-refractivity contribution >= 4 is 5.97 Å². The average molecular weight is 437 g/mol. The number of carbonyl (C=O) groups is 1. The zero-order valence-electron chi connectivity index (χ0n) is 20.0. The molecule has 1 heterocycles. The standard InChI is InChI=1S/C28H40N2O2/c1-3-5-7-9-11-13-15-17-27(31)32-26-22-29-28(30-23-26)25-20-18-24(19-21-25)16-14-12-10-8-6-4-2/h15,17-23H,3-14,16H2,1-2H3/b17-15+. The summed E-state index contributed by atoms with van der Waals surface area (Å²) in [5.41, 5.74) is 2.32. The number of hydrogen-bond donors (Lipinski definition) is 0. The summed E-state index contributed by atoms with van der Waals surface area (Å²) in [5.74, 6) is 0.624. The Kier molecular flexibility index (Phi) is 13.0. The van der Waals surface area contributed by atoms with Gasteiger partial charge < -0.3 is 4.74 Å². The number of ether oxygens (including phenoxy) is 1. The van der Waals surface area contributed by atoms with Crippen LogP contribution in [-0.2, 0) is 11.2 Å². The minimum atomic E-state index is -0.381. The Labute approximate surface area is 194 Å². The van der Waals surface area contributed by atoms with Gasteiger partial charge in [0.15, 0.2) is 11.6 Å². The van der Waals surface area contributed by atoms with Crippen LogP contribution >= 0.6 is 0 Å². The molecule has 1 aromatic carbocycles. The summed E-state index contributed by atoms with van der Waals surface area (Å²) >= 11 is 0. The number of aryl methyl sites for hydroxylation is 1.